The lowest BCUT2D eigenvalue weighted by molar-refractivity contribution is 0.129. The van der Waals surface area contributed by atoms with Crippen LogP contribution in [0.4, 0.5) is 0 Å². The van der Waals surface area contributed by atoms with Crippen molar-refractivity contribution < 1.29 is 4.74 Å². The molecule has 1 heterocycles. The van der Waals surface area contributed by atoms with Crippen LogP contribution in [0.5, 0.6) is 0 Å². The van der Waals surface area contributed by atoms with Crippen LogP contribution >= 0.6 is 24.0 Å². The third-order valence-electron chi connectivity index (χ3n) is 4.44. The molecule has 0 aliphatic rings. The lowest BCUT2D eigenvalue weighted by Crippen LogP contribution is -2.38. The minimum absolute atomic E-state index is 0. The van der Waals surface area contributed by atoms with Gasteiger partial charge in [-0.05, 0) is 37.0 Å². The van der Waals surface area contributed by atoms with Crippen molar-refractivity contribution in [3.8, 4) is 0 Å². The Morgan fingerprint density at radius 1 is 1.00 bits per heavy atom. The smallest absolute Gasteiger partial charge is 0.250 e. The van der Waals surface area contributed by atoms with Gasteiger partial charge in [0.15, 0.2) is 5.96 Å². The number of rotatable bonds is 12. The van der Waals surface area contributed by atoms with E-state index in [0.29, 0.717) is 13.1 Å². The average molecular weight is 526 g/mol. The summed E-state index contributed by atoms with van der Waals surface area (Å²) in [6.45, 7) is 8.69. The maximum Gasteiger partial charge on any atom is 0.250 e. The molecular weight excluding hydrogens is 491 g/mol. The van der Waals surface area contributed by atoms with E-state index in [2.05, 4.69) is 53.7 Å². The summed E-state index contributed by atoms with van der Waals surface area (Å²) in [6, 6.07) is 13.5. The fourth-order valence-corrected chi connectivity index (χ4v) is 2.78. The quantitative estimate of drug-likeness (QED) is 0.191. The van der Waals surface area contributed by atoms with E-state index >= 15 is 0 Å². The van der Waals surface area contributed by atoms with Gasteiger partial charge in [-0.3, -0.25) is 4.79 Å². The average Bonchev–Trinajstić information content (AvgIpc) is 2.74. The molecule has 0 saturated heterocycles. The summed E-state index contributed by atoms with van der Waals surface area (Å²) in [7, 11) is 0. The molecule has 0 bridgehead atoms. The van der Waals surface area contributed by atoms with Crippen molar-refractivity contribution in [1.82, 2.24) is 15.2 Å². The predicted octanol–water partition coefficient (Wildman–Crippen LogP) is 3.78. The summed E-state index contributed by atoms with van der Waals surface area (Å²) >= 11 is 0. The first-order valence-corrected chi connectivity index (χ1v) is 10.6. The molecule has 0 atom stereocenters. The highest BCUT2D eigenvalue weighted by Gasteiger charge is 2.00. The number of aliphatic imine (C=N–C) groups is 1. The Morgan fingerprint density at radius 3 is 2.43 bits per heavy atom. The topological polar surface area (TPSA) is 67.6 Å². The van der Waals surface area contributed by atoms with Gasteiger partial charge >= 0.3 is 0 Å². The summed E-state index contributed by atoms with van der Waals surface area (Å²) in [5.41, 5.74) is 2.24. The molecule has 0 radical (unpaired) electrons. The zero-order valence-corrected chi connectivity index (χ0v) is 20.4. The third-order valence-corrected chi connectivity index (χ3v) is 4.44. The van der Waals surface area contributed by atoms with E-state index in [-0.39, 0.29) is 29.5 Å². The molecular formula is C23H35IN4O2. The number of hydrogen-bond acceptors (Lipinski definition) is 3. The number of ether oxygens (including phenoxy) is 1. The third kappa shape index (κ3) is 10.2. The number of benzene rings is 1. The lowest BCUT2D eigenvalue weighted by atomic mass is 10.1. The molecule has 2 N–H and O–H groups in total. The van der Waals surface area contributed by atoms with Crippen LogP contribution in [-0.2, 0) is 17.8 Å². The molecule has 0 spiro atoms. The van der Waals surface area contributed by atoms with Crippen molar-refractivity contribution in [3.05, 3.63) is 70.1 Å². The highest BCUT2D eigenvalue weighted by molar-refractivity contribution is 14.0. The fraction of sp³-hybridized carbons (Fsp3) is 0.478. The molecule has 0 amide bonds. The van der Waals surface area contributed by atoms with Gasteiger partial charge < -0.3 is 19.9 Å². The van der Waals surface area contributed by atoms with Gasteiger partial charge in [-0.2, -0.15) is 0 Å². The summed E-state index contributed by atoms with van der Waals surface area (Å²) < 4.78 is 7.29. The number of halogens is 1. The van der Waals surface area contributed by atoms with Gasteiger partial charge in [-0.15, -0.1) is 24.0 Å². The second-order valence-corrected chi connectivity index (χ2v) is 6.92. The molecule has 0 aliphatic heterocycles. The fourth-order valence-electron chi connectivity index (χ4n) is 2.78. The van der Waals surface area contributed by atoms with Crippen LogP contribution in [0, 0.1) is 0 Å². The molecule has 0 unspecified atom stereocenters. The zero-order valence-electron chi connectivity index (χ0n) is 18.1. The molecule has 7 heteroatoms. The SMILES string of the molecule is CCCCOCCCNC(=NCc1ccc(Cn2ccccc2=O)cc1)NCC.I. The van der Waals surface area contributed by atoms with Crippen LogP contribution in [0.1, 0.15) is 44.2 Å². The summed E-state index contributed by atoms with van der Waals surface area (Å²) in [5, 5.41) is 6.63. The first-order valence-electron chi connectivity index (χ1n) is 10.6. The molecule has 6 nitrogen and oxygen atoms in total. The van der Waals surface area contributed by atoms with E-state index in [9.17, 15) is 4.79 Å². The Bertz CT molecular complexity index is 790. The van der Waals surface area contributed by atoms with Crippen LogP contribution in [0.15, 0.2) is 58.4 Å². The van der Waals surface area contributed by atoms with Crippen molar-refractivity contribution in [2.45, 2.75) is 46.2 Å². The molecule has 30 heavy (non-hydrogen) atoms. The Balaban J connectivity index is 0.00000450. The van der Waals surface area contributed by atoms with Crippen molar-refractivity contribution in [2.24, 2.45) is 4.99 Å². The molecule has 0 saturated carbocycles. The second-order valence-electron chi connectivity index (χ2n) is 6.92. The Labute approximate surface area is 197 Å². The number of pyridine rings is 1. The van der Waals surface area contributed by atoms with Gasteiger partial charge in [-0.25, -0.2) is 4.99 Å². The van der Waals surface area contributed by atoms with Crippen molar-refractivity contribution in [2.75, 3.05) is 26.3 Å². The lowest BCUT2D eigenvalue weighted by Gasteiger charge is -2.11. The predicted molar refractivity (Wildman–Crippen MR) is 135 cm³/mol. The van der Waals surface area contributed by atoms with Gasteiger partial charge in [0.05, 0.1) is 13.1 Å². The minimum Gasteiger partial charge on any atom is -0.381 e. The Kier molecular flexibility index (Phi) is 13.9. The van der Waals surface area contributed by atoms with E-state index in [1.165, 1.54) is 6.42 Å². The van der Waals surface area contributed by atoms with Crippen LogP contribution in [-0.4, -0.2) is 36.8 Å². The van der Waals surface area contributed by atoms with E-state index in [1.807, 2.05) is 12.3 Å². The summed E-state index contributed by atoms with van der Waals surface area (Å²) in [5.74, 6) is 0.820. The molecule has 0 fully saturated rings. The number of aromatic nitrogens is 1. The van der Waals surface area contributed by atoms with Crippen LogP contribution in [0.3, 0.4) is 0 Å². The number of unbranched alkanes of at least 4 members (excludes halogenated alkanes) is 1. The Hall–Kier alpha value is -1.87. The van der Waals surface area contributed by atoms with Gasteiger partial charge in [0.1, 0.15) is 0 Å². The molecule has 166 valence electrons. The first kappa shape index (κ1) is 26.2. The molecule has 1 aromatic carbocycles. The van der Waals surface area contributed by atoms with E-state index < -0.39 is 0 Å². The second kappa shape index (κ2) is 15.9. The van der Waals surface area contributed by atoms with E-state index in [1.54, 1.807) is 16.7 Å². The van der Waals surface area contributed by atoms with Crippen molar-refractivity contribution in [1.29, 1.82) is 0 Å². The van der Waals surface area contributed by atoms with Crippen molar-refractivity contribution in [3.63, 3.8) is 0 Å². The minimum atomic E-state index is 0. The molecule has 1 aromatic heterocycles. The Morgan fingerprint density at radius 2 is 1.73 bits per heavy atom. The largest absolute Gasteiger partial charge is 0.381 e. The van der Waals surface area contributed by atoms with Gasteiger partial charge in [0, 0.05) is 38.6 Å². The maximum absolute atomic E-state index is 11.8. The van der Waals surface area contributed by atoms with Crippen LogP contribution in [0.2, 0.25) is 0 Å². The van der Waals surface area contributed by atoms with Gasteiger partial charge in [-0.1, -0.05) is 43.7 Å². The number of nitrogens with one attached hydrogen (secondary N) is 2. The standard InChI is InChI=1S/C23H34N4O2.HI/c1-3-5-16-29-17-8-14-25-23(24-4-2)26-18-20-10-12-21(13-11-20)19-27-15-7-6-9-22(27)28;/h6-7,9-13,15H,3-5,8,14,16-19H2,1-2H3,(H2,24,25,26);1H. The highest BCUT2D eigenvalue weighted by Crippen LogP contribution is 2.07. The van der Waals surface area contributed by atoms with Gasteiger partial charge in [0.2, 0.25) is 0 Å². The number of nitrogens with zero attached hydrogens (tertiary/aromatic N) is 2. The molecule has 0 aliphatic carbocycles. The summed E-state index contributed by atoms with van der Waals surface area (Å²) in [6.07, 6.45) is 5.06. The zero-order chi connectivity index (χ0) is 20.7. The summed E-state index contributed by atoms with van der Waals surface area (Å²) in [4.78, 5) is 16.5. The van der Waals surface area contributed by atoms with E-state index in [0.717, 1.165) is 56.2 Å². The number of guanidine groups is 1. The van der Waals surface area contributed by atoms with E-state index in [4.69, 9.17) is 4.74 Å². The maximum atomic E-state index is 11.8. The van der Waals surface area contributed by atoms with Crippen molar-refractivity contribution >= 4 is 29.9 Å². The van der Waals surface area contributed by atoms with Gasteiger partial charge in [0.25, 0.3) is 5.56 Å². The van der Waals surface area contributed by atoms with Crippen LogP contribution < -0.4 is 16.2 Å². The number of hydrogen-bond donors (Lipinski definition) is 2. The molecule has 2 aromatic rings. The highest BCUT2D eigenvalue weighted by atomic mass is 127. The first-order chi connectivity index (χ1) is 14.2. The molecule has 2 rings (SSSR count). The normalized spacial score (nSPS) is 11.1. The van der Waals surface area contributed by atoms with Crippen LogP contribution in [0.25, 0.3) is 0 Å². The monoisotopic (exact) mass is 526 g/mol.